The number of nitrogens with two attached hydrogens (primary N) is 1. The van der Waals surface area contributed by atoms with Crippen LogP contribution in [0.15, 0.2) is 41.8 Å². The van der Waals surface area contributed by atoms with Gasteiger partial charge < -0.3 is 16.2 Å². The van der Waals surface area contributed by atoms with E-state index in [1.807, 2.05) is 37.3 Å². The summed E-state index contributed by atoms with van der Waals surface area (Å²) in [6, 6.07) is 11.7. The van der Waals surface area contributed by atoms with Crippen LogP contribution < -0.4 is 11.1 Å². The van der Waals surface area contributed by atoms with Gasteiger partial charge in [0, 0.05) is 22.8 Å². The number of aliphatic hydroxyl groups excluding tert-OH is 1. The Labute approximate surface area is 128 Å². The first-order chi connectivity index (χ1) is 10.1. The molecule has 4 nitrogen and oxygen atoms in total. The van der Waals surface area contributed by atoms with Gasteiger partial charge in [-0.2, -0.15) is 0 Å². The summed E-state index contributed by atoms with van der Waals surface area (Å²) in [4.78, 5) is 12.1. The normalized spacial score (nSPS) is 13.8. The fraction of sp³-hybridized carbons (Fsp3) is 0.312. The summed E-state index contributed by atoms with van der Waals surface area (Å²) in [6.45, 7) is 2.57. The van der Waals surface area contributed by atoms with Gasteiger partial charge in [0.05, 0.1) is 11.7 Å². The topological polar surface area (TPSA) is 75.3 Å². The Morgan fingerprint density at radius 3 is 2.71 bits per heavy atom. The molecule has 1 aromatic heterocycles. The van der Waals surface area contributed by atoms with Crippen LogP contribution in [0.5, 0.6) is 0 Å². The molecule has 1 heterocycles. The third-order valence-electron chi connectivity index (χ3n) is 3.40. The van der Waals surface area contributed by atoms with Crippen LogP contribution in [0.1, 0.15) is 27.7 Å². The largest absolute Gasteiger partial charge is 0.391 e. The van der Waals surface area contributed by atoms with Crippen LogP contribution in [0.4, 0.5) is 0 Å². The van der Waals surface area contributed by atoms with E-state index in [2.05, 4.69) is 5.32 Å². The van der Waals surface area contributed by atoms with Crippen LogP contribution in [0.25, 0.3) is 0 Å². The second kappa shape index (κ2) is 7.36. The standard InChI is InChI=1S/C16H20N2O2S/c1-11(15(19)7-12-5-3-2-4-6-12)18-9-14-8-13(10-21-14)16(17)20/h2-6,8,10-11,15,18-19H,7,9H2,1H3,(H2,17,20). The number of aliphatic hydroxyl groups is 1. The lowest BCUT2D eigenvalue weighted by Gasteiger charge is -2.20. The fourth-order valence-corrected chi connectivity index (χ4v) is 2.86. The number of benzene rings is 1. The van der Waals surface area contributed by atoms with Gasteiger partial charge in [0.15, 0.2) is 0 Å². The quantitative estimate of drug-likeness (QED) is 0.731. The molecule has 5 heteroatoms. The Balaban J connectivity index is 1.83. The van der Waals surface area contributed by atoms with E-state index in [0.717, 1.165) is 10.4 Å². The molecule has 0 radical (unpaired) electrons. The number of primary amides is 1. The lowest BCUT2D eigenvalue weighted by Crippen LogP contribution is -2.38. The molecule has 0 aliphatic rings. The molecule has 2 aromatic rings. The van der Waals surface area contributed by atoms with Crippen LogP contribution in [0.2, 0.25) is 0 Å². The summed E-state index contributed by atoms with van der Waals surface area (Å²) in [6.07, 6.45) is 0.161. The number of thiophene rings is 1. The minimum absolute atomic E-state index is 0.0377. The maximum absolute atomic E-state index is 11.0. The number of hydrogen-bond donors (Lipinski definition) is 3. The molecular weight excluding hydrogens is 284 g/mol. The highest BCUT2D eigenvalue weighted by atomic mass is 32.1. The fourth-order valence-electron chi connectivity index (χ4n) is 2.03. The molecule has 1 amide bonds. The third kappa shape index (κ3) is 4.67. The van der Waals surface area contributed by atoms with Crippen molar-refractivity contribution in [2.75, 3.05) is 0 Å². The zero-order valence-corrected chi connectivity index (χ0v) is 12.8. The number of rotatable bonds is 7. The summed E-state index contributed by atoms with van der Waals surface area (Å²) < 4.78 is 0. The maximum atomic E-state index is 11.0. The van der Waals surface area contributed by atoms with E-state index < -0.39 is 12.0 Å². The van der Waals surface area contributed by atoms with E-state index in [9.17, 15) is 9.90 Å². The molecule has 0 spiro atoms. The molecule has 112 valence electrons. The molecular formula is C16H20N2O2S. The molecule has 21 heavy (non-hydrogen) atoms. The monoisotopic (exact) mass is 304 g/mol. The molecule has 2 rings (SSSR count). The third-order valence-corrected chi connectivity index (χ3v) is 4.34. The number of carbonyl (C=O) groups excluding carboxylic acids is 1. The molecule has 0 saturated heterocycles. The minimum atomic E-state index is -0.456. The molecule has 4 N–H and O–H groups in total. The first-order valence-corrected chi connectivity index (χ1v) is 7.77. The molecule has 0 fully saturated rings. The van der Waals surface area contributed by atoms with Crippen molar-refractivity contribution in [3.05, 3.63) is 57.8 Å². The van der Waals surface area contributed by atoms with Crippen molar-refractivity contribution in [1.29, 1.82) is 0 Å². The Hall–Kier alpha value is -1.69. The smallest absolute Gasteiger partial charge is 0.249 e. The van der Waals surface area contributed by atoms with Gasteiger partial charge in [-0.1, -0.05) is 30.3 Å². The molecule has 2 atom stereocenters. The minimum Gasteiger partial charge on any atom is -0.391 e. The van der Waals surface area contributed by atoms with Crippen LogP contribution in [-0.2, 0) is 13.0 Å². The summed E-state index contributed by atoms with van der Waals surface area (Å²) in [5, 5.41) is 15.2. The van der Waals surface area contributed by atoms with Gasteiger partial charge in [0.25, 0.3) is 0 Å². The van der Waals surface area contributed by atoms with E-state index in [4.69, 9.17) is 5.73 Å². The van der Waals surface area contributed by atoms with Crippen LogP contribution >= 0.6 is 11.3 Å². The second-order valence-electron chi connectivity index (χ2n) is 5.09. The number of hydrogen-bond acceptors (Lipinski definition) is 4. The first kappa shape index (κ1) is 15.7. The molecule has 0 aliphatic carbocycles. The predicted molar refractivity (Wildman–Crippen MR) is 85.3 cm³/mol. The lowest BCUT2D eigenvalue weighted by atomic mass is 10.0. The summed E-state index contributed by atoms with van der Waals surface area (Å²) in [5.41, 5.74) is 6.88. The Morgan fingerprint density at radius 1 is 1.38 bits per heavy atom. The van der Waals surface area contributed by atoms with Crippen molar-refractivity contribution in [1.82, 2.24) is 5.32 Å². The van der Waals surface area contributed by atoms with E-state index in [1.54, 1.807) is 11.4 Å². The lowest BCUT2D eigenvalue weighted by molar-refractivity contribution is 0.100. The Kier molecular flexibility index (Phi) is 5.50. The second-order valence-corrected chi connectivity index (χ2v) is 6.09. The van der Waals surface area contributed by atoms with Gasteiger partial charge in [0.2, 0.25) is 5.91 Å². The van der Waals surface area contributed by atoms with Gasteiger partial charge in [-0.15, -0.1) is 11.3 Å². The summed E-state index contributed by atoms with van der Waals surface area (Å²) in [5.74, 6) is -0.408. The van der Waals surface area contributed by atoms with Crippen molar-refractivity contribution in [3.63, 3.8) is 0 Å². The molecule has 2 unspecified atom stereocenters. The van der Waals surface area contributed by atoms with Crippen LogP contribution in [0.3, 0.4) is 0 Å². The van der Waals surface area contributed by atoms with Crippen molar-refractivity contribution >= 4 is 17.2 Å². The van der Waals surface area contributed by atoms with E-state index in [0.29, 0.717) is 18.5 Å². The number of nitrogens with one attached hydrogen (secondary N) is 1. The maximum Gasteiger partial charge on any atom is 0.249 e. The van der Waals surface area contributed by atoms with Gasteiger partial charge in [-0.25, -0.2) is 0 Å². The average molecular weight is 304 g/mol. The van der Waals surface area contributed by atoms with E-state index in [1.165, 1.54) is 11.3 Å². The SMILES string of the molecule is CC(NCc1cc(C(N)=O)cs1)C(O)Cc1ccccc1. The van der Waals surface area contributed by atoms with Crippen molar-refractivity contribution in [2.45, 2.75) is 32.0 Å². The number of carbonyl (C=O) groups is 1. The highest BCUT2D eigenvalue weighted by Gasteiger charge is 2.14. The zero-order chi connectivity index (χ0) is 15.2. The van der Waals surface area contributed by atoms with Gasteiger partial charge in [-0.3, -0.25) is 4.79 Å². The Bertz CT molecular complexity index is 583. The average Bonchev–Trinajstić information content (AvgIpc) is 2.95. The van der Waals surface area contributed by atoms with Crippen LogP contribution in [-0.4, -0.2) is 23.2 Å². The molecule has 0 bridgehead atoms. The van der Waals surface area contributed by atoms with Crippen molar-refractivity contribution in [3.8, 4) is 0 Å². The van der Waals surface area contributed by atoms with Gasteiger partial charge >= 0.3 is 0 Å². The Morgan fingerprint density at radius 2 is 2.10 bits per heavy atom. The first-order valence-electron chi connectivity index (χ1n) is 6.89. The number of amides is 1. The van der Waals surface area contributed by atoms with Crippen molar-refractivity contribution < 1.29 is 9.90 Å². The molecule has 0 saturated carbocycles. The van der Waals surface area contributed by atoms with E-state index >= 15 is 0 Å². The van der Waals surface area contributed by atoms with Crippen LogP contribution in [0, 0.1) is 0 Å². The summed E-state index contributed by atoms with van der Waals surface area (Å²) >= 11 is 1.49. The van der Waals surface area contributed by atoms with Gasteiger partial charge in [-0.05, 0) is 25.0 Å². The molecule has 1 aromatic carbocycles. The van der Waals surface area contributed by atoms with E-state index in [-0.39, 0.29) is 6.04 Å². The predicted octanol–water partition coefficient (Wildman–Crippen LogP) is 1.93. The highest BCUT2D eigenvalue weighted by Crippen LogP contribution is 2.14. The molecule has 0 aliphatic heterocycles. The van der Waals surface area contributed by atoms with Gasteiger partial charge in [0.1, 0.15) is 0 Å². The van der Waals surface area contributed by atoms with Crippen molar-refractivity contribution in [2.24, 2.45) is 5.73 Å². The summed E-state index contributed by atoms with van der Waals surface area (Å²) in [7, 11) is 0. The highest BCUT2D eigenvalue weighted by molar-refractivity contribution is 7.10. The zero-order valence-electron chi connectivity index (χ0n) is 12.0.